The highest BCUT2D eigenvalue weighted by atomic mass is 16.3. The smallest absolute Gasteiger partial charge is 0.164 e. The third kappa shape index (κ3) is 5.37. The van der Waals surface area contributed by atoms with E-state index in [9.17, 15) is 0 Å². The van der Waals surface area contributed by atoms with Gasteiger partial charge in [-0.25, -0.2) is 15.0 Å². The Kier molecular flexibility index (Phi) is 7.42. The molecule has 11 aromatic rings. The van der Waals surface area contributed by atoms with Crippen molar-refractivity contribution < 1.29 is 4.42 Å². The van der Waals surface area contributed by atoms with Crippen LogP contribution in [0.15, 0.2) is 199 Å². The predicted molar refractivity (Wildman–Crippen MR) is 229 cm³/mol. The molecule has 0 aliphatic heterocycles. The summed E-state index contributed by atoms with van der Waals surface area (Å²) in [5, 5.41) is 4.51. The second kappa shape index (κ2) is 13.0. The van der Waals surface area contributed by atoms with Gasteiger partial charge < -0.3 is 8.98 Å². The van der Waals surface area contributed by atoms with Crippen molar-refractivity contribution in [2.24, 2.45) is 0 Å². The number of para-hydroxylation sites is 2. The van der Waals surface area contributed by atoms with Gasteiger partial charge in [0.1, 0.15) is 11.2 Å². The predicted octanol–water partition coefficient (Wildman–Crippen LogP) is 13.2. The highest BCUT2D eigenvalue weighted by Crippen LogP contribution is 2.41. The minimum Gasteiger partial charge on any atom is -0.456 e. The fourth-order valence-corrected chi connectivity index (χ4v) is 7.97. The van der Waals surface area contributed by atoms with Gasteiger partial charge in [0.05, 0.1) is 16.4 Å². The lowest BCUT2D eigenvalue weighted by atomic mass is 10.0. The number of rotatable bonds is 6. The maximum absolute atomic E-state index is 6.67. The van der Waals surface area contributed by atoms with Gasteiger partial charge in [-0.3, -0.25) is 0 Å². The lowest BCUT2D eigenvalue weighted by Gasteiger charge is -2.10. The van der Waals surface area contributed by atoms with Crippen molar-refractivity contribution in [3.05, 3.63) is 194 Å². The Morgan fingerprint density at radius 3 is 1.59 bits per heavy atom. The Balaban J connectivity index is 1.09. The highest BCUT2D eigenvalue weighted by Gasteiger charge is 2.20. The summed E-state index contributed by atoms with van der Waals surface area (Å²) in [6, 6.07) is 67.3. The molecule has 0 aliphatic rings. The van der Waals surface area contributed by atoms with Crippen LogP contribution in [0.2, 0.25) is 0 Å². The van der Waals surface area contributed by atoms with Gasteiger partial charge >= 0.3 is 0 Å². The average molecular weight is 717 g/mol. The van der Waals surface area contributed by atoms with E-state index in [-0.39, 0.29) is 0 Å². The van der Waals surface area contributed by atoms with Crippen molar-refractivity contribution >= 4 is 43.7 Å². The Labute approximate surface area is 322 Å². The third-order valence-corrected chi connectivity index (χ3v) is 10.7. The van der Waals surface area contributed by atoms with E-state index >= 15 is 0 Å². The molecule has 0 fully saturated rings. The summed E-state index contributed by atoms with van der Waals surface area (Å²) < 4.78 is 9.03. The first kappa shape index (κ1) is 31.9. The molecule has 3 heterocycles. The molecule has 5 heteroatoms. The van der Waals surface area contributed by atoms with Crippen LogP contribution >= 0.6 is 0 Å². The molecule has 3 aromatic heterocycles. The maximum Gasteiger partial charge on any atom is 0.164 e. The van der Waals surface area contributed by atoms with Gasteiger partial charge in [0.2, 0.25) is 0 Å². The van der Waals surface area contributed by atoms with Crippen molar-refractivity contribution in [2.45, 2.75) is 0 Å². The molecule has 0 unspecified atom stereocenters. The molecule has 0 saturated heterocycles. The number of fused-ring (bicyclic) bond motifs is 7. The summed E-state index contributed by atoms with van der Waals surface area (Å²) in [4.78, 5) is 15.3. The average Bonchev–Trinajstić information content (AvgIpc) is 3.82. The van der Waals surface area contributed by atoms with Gasteiger partial charge in [-0.05, 0) is 70.8 Å². The molecule has 0 N–H and O–H groups in total. The Morgan fingerprint density at radius 2 is 0.857 bits per heavy atom. The van der Waals surface area contributed by atoms with Crippen LogP contribution in [0.5, 0.6) is 0 Å². The standard InChI is InChI=1S/C51H32N4O/c1-4-13-33(14-5-1)35-23-25-36(26-24-35)49-52-50(38-18-12-17-37(31-38)34-15-6-2-7-16-34)54-51(53-49)39-27-28-43-46(32-39)56-45-30-29-42-41-21-10-11-22-44(41)55(48(42)47(43)45)40-19-8-3-9-20-40/h1-32H. The molecular formula is C51H32N4O. The summed E-state index contributed by atoms with van der Waals surface area (Å²) in [7, 11) is 0. The minimum atomic E-state index is 0.577. The fourth-order valence-electron chi connectivity index (χ4n) is 7.97. The zero-order valence-electron chi connectivity index (χ0n) is 30.2. The van der Waals surface area contributed by atoms with Gasteiger partial charge in [-0.2, -0.15) is 0 Å². The summed E-state index contributed by atoms with van der Waals surface area (Å²) >= 11 is 0. The minimum absolute atomic E-state index is 0.577. The van der Waals surface area contributed by atoms with Crippen LogP contribution in [0.1, 0.15) is 0 Å². The van der Waals surface area contributed by atoms with Gasteiger partial charge in [-0.15, -0.1) is 0 Å². The van der Waals surface area contributed by atoms with Crippen LogP contribution in [0.4, 0.5) is 0 Å². The van der Waals surface area contributed by atoms with E-state index in [1.807, 2.05) is 12.1 Å². The number of aromatic nitrogens is 4. The van der Waals surface area contributed by atoms with Gasteiger partial charge in [0.15, 0.2) is 17.5 Å². The van der Waals surface area contributed by atoms with E-state index < -0.39 is 0 Å². The van der Waals surface area contributed by atoms with Gasteiger partial charge in [0, 0.05) is 38.5 Å². The number of nitrogens with zero attached hydrogens (tertiary/aromatic N) is 4. The summed E-state index contributed by atoms with van der Waals surface area (Å²) in [6.45, 7) is 0. The van der Waals surface area contributed by atoms with Crippen LogP contribution in [0, 0.1) is 0 Å². The first-order chi connectivity index (χ1) is 27.7. The third-order valence-electron chi connectivity index (χ3n) is 10.7. The largest absolute Gasteiger partial charge is 0.456 e. The zero-order valence-corrected chi connectivity index (χ0v) is 30.2. The van der Waals surface area contributed by atoms with Crippen LogP contribution in [0.25, 0.3) is 106 Å². The van der Waals surface area contributed by atoms with E-state index in [4.69, 9.17) is 19.4 Å². The van der Waals surface area contributed by atoms with Gasteiger partial charge in [0.25, 0.3) is 0 Å². The SMILES string of the molecule is c1ccc(-c2ccc(-c3nc(-c4cccc(-c5ccccc5)c4)nc(-c4ccc5c(c4)oc4ccc6c7ccccc7n(-c7ccccc7)c6c45)n3)cc2)cc1. The van der Waals surface area contributed by atoms with Crippen molar-refractivity contribution in [1.82, 2.24) is 19.5 Å². The molecule has 262 valence electrons. The lowest BCUT2D eigenvalue weighted by Crippen LogP contribution is -2.00. The molecule has 0 bridgehead atoms. The fraction of sp³-hybridized carbons (Fsp3) is 0. The molecule has 11 rings (SSSR count). The van der Waals surface area contributed by atoms with E-state index in [2.05, 4.69) is 187 Å². The first-order valence-electron chi connectivity index (χ1n) is 18.8. The first-order valence-corrected chi connectivity index (χ1v) is 18.8. The van der Waals surface area contributed by atoms with Crippen LogP contribution in [-0.4, -0.2) is 19.5 Å². The van der Waals surface area contributed by atoms with E-state index in [1.54, 1.807) is 0 Å². The molecule has 0 radical (unpaired) electrons. The molecule has 0 saturated carbocycles. The Hall–Kier alpha value is -7.63. The number of furan rings is 1. The monoisotopic (exact) mass is 716 g/mol. The van der Waals surface area contributed by atoms with Crippen LogP contribution in [0.3, 0.4) is 0 Å². The molecule has 56 heavy (non-hydrogen) atoms. The molecule has 5 nitrogen and oxygen atoms in total. The summed E-state index contributed by atoms with van der Waals surface area (Å²) in [6.07, 6.45) is 0. The van der Waals surface area contributed by atoms with E-state index in [1.165, 1.54) is 10.8 Å². The quantitative estimate of drug-likeness (QED) is 0.172. The number of hydrogen-bond acceptors (Lipinski definition) is 4. The van der Waals surface area contributed by atoms with Crippen molar-refractivity contribution in [3.8, 4) is 62.1 Å². The Bertz CT molecular complexity index is 3220. The highest BCUT2D eigenvalue weighted by molar-refractivity contribution is 6.24. The zero-order chi connectivity index (χ0) is 37.0. The maximum atomic E-state index is 6.67. The van der Waals surface area contributed by atoms with Gasteiger partial charge in [-0.1, -0.05) is 146 Å². The normalized spacial score (nSPS) is 11.6. The summed E-state index contributed by atoms with van der Waals surface area (Å²) in [5.41, 5.74) is 12.2. The number of benzene rings is 8. The number of hydrogen-bond donors (Lipinski definition) is 0. The van der Waals surface area contributed by atoms with Crippen molar-refractivity contribution in [3.63, 3.8) is 0 Å². The van der Waals surface area contributed by atoms with Crippen molar-refractivity contribution in [2.75, 3.05) is 0 Å². The van der Waals surface area contributed by atoms with Crippen LogP contribution < -0.4 is 0 Å². The molecule has 0 spiro atoms. The Morgan fingerprint density at radius 1 is 0.339 bits per heavy atom. The molecule has 0 aliphatic carbocycles. The molecule has 8 aromatic carbocycles. The molecule has 0 atom stereocenters. The topological polar surface area (TPSA) is 56.7 Å². The van der Waals surface area contributed by atoms with E-state index in [0.717, 1.165) is 77.6 Å². The second-order valence-corrected chi connectivity index (χ2v) is 14.0. The summed E-state index contributed by atoms with van der Waals surface area (Å²) in [5.74, 6) is 1.79. The molecule has 0 amide bonds. The lowest BCUT2D eigenvalue weighted by molar-refractivity contribution is 0.669. The van der Waals surface area contributed by atoms with E-state index in [0.29, 0.717) is 17.5 Å². The second-order valence-electron chi connectivity index (χ2n) is 14.0. The molecular weight excluding hydrogens is 685 g/mol. The van der Waals surface area contributed by atoms with Crippen LogP contribution in [-0.2, 0) is 0 Å². The van der Waals surface area contributed by atoms with Crippen molar-refractivity contribution in [1.29, 1.82) is 0 Å².